The van der Waals surface area contributed by atoms with E-state index in [9.17, 15) is 23.6 Å². The SMILES string of the molecule is O=C1CCC(N2C(=O)c3ccc(OCC(F)CCN4CCC(OC5CC(Oc6ccc(-c7ccc8c(c7)[nH]c7ccncc78)cn6)C5)CC4)cc3C2=O)C(=O)N1. The lowest BCUT2D eigenvalue weighted by atomic mass is 9.91. The van der Waals surface area contributed by atoms with Crippen LogP contribution in [0.2, 0.25) is 0 Å². The highest BCUT2D eigenvalue weighted by molar-refractivity contribution is 6.23. The van der Waals surface area contributed by atoms with Crippen LogP contribution in [0.4, 0.5) is 4.39 Å². The monoisotopic (exact) mass is 760 g/mol. The summed E-state index contributed by atoms with van der Waals surface area (Å²) in [7, 11) is 0. The standard InChI is InChI=1S/C42H41FN6O7/c43-26(23-54-28-3-5-32-33(20-28)42(53)49(41(32)52)37-6-7-38(50)47-40(37)51)10-14-48-15-11-27(12-16-48)55-29-18-30(19-29)56-39-8-2-25(21-45-39)24-1-4-31-34-22-44-13-9-35(34)46-36(31)17-24/h1-5,8-9,13,17,20-22,26-27,29-30,37,46H,6-7,10-12,14-16,18-19,23H2,(H,47,50,51). The number of nitrogens with one attached hydrogen (secondary N) is 2. The van der Waals surface area contributed by atoms with E-state index in [2.05, 4.69) is 43.4 Å². The zero-order chi connectivity index (χ0) is 38.3. The van der Waals surface area contributed by atoms with E-state index >= 15 is 0 Å². The van der Waals surface area contributed by atoms with Gasteiger partial charge < -0.3 is 24.1 Å². The van der Waals surface area contributed by atoms with Gasteiger partial charge in [0.05, 0.1) is 23.3 Å². The average Bonchev–Trinajstić information content (AvgIpc) is 3.69. The van der Waals surface area contributed by atoms with E-state index in [4.69, 9.17) is 14.2 Å². The van der Waals surface area contributed by atoms with Crippen molar-refractivity contribution in [1.82, 2.24) is 30.1 Å². The number of carbonyl (C=O) groups is 4. The van der Waals surface area contributed by atoms with Gasteiger partial charge in [-0.2, -0.15) is 0 Å². The zero-order valence-corrected chi connectivity index (χ0v) is 30.6. The number of alkyl halides is 1. The molecule has 2 unspecified atom stereocenters. The number of likely N-dealkylation sites (tertiary alicyclic amines) is 1. The van der Waals surface area contributed by atoms with Gasteiger partial charge in [0.25, 0.3) is 11.8 Å². The van der Waals surface area contributed by atoms with Gasteiger partial charge in [0.1, 0.15) is 30.7 Å². The van der Waals surface area contributed by atoms with E-state index in [1.54, 1.807) is 6.20 Å². The van der Waals surface area contributed by atoms with Crippen LogP contribution in [-0.4, -0.2) is 105 Å². The molecule has 2 aromatic carbocycles. The predicted octanol–water partition coefficient (Wildman–Crippen LogP) is 5.38. The number of imide groups is 2. The summed E-state index contributed by atoms with van der Waals surface area (Å²) in [5.41, 5.74) is 4.47. The topological polar surface area (TPSA) is 156 Å². The summed E-state index contributed by atoms with van der Waals surface area (Å²) in [6.45, 7) is 2.06. The summed E-state index contributed by atoms with van der Waals surface area (Å²) < 4.78 is 33.1. The summed E-state index contributed by atoms with van der Waals surface area (Å²) in [4.78, 5) is 65.2. The Morgan fingerprint density at radius 2 is 1.64 bits per heavy atom. The molecule has 3 aliphatic heterocycles. The summed E-state index contributed by atoms with van der Waals surface area (Å²) in [5, 5.41) is 4.43. The van der Waals surface area contributed by atoms with Gasteiger partial charge in [-0.25, -0.2) is 9.37 Å². The van der Waals surface area contributed by atoms with Crippen molar-refractivity contribution >= 4 is 45.4 Å². The molecule has 1 aliphatic carbocycles. The van der Waals surface area contributed by atoms with Gasteiger partial charge in [-0.15, -0.1) is 0 Å². The second-order valence-corrected chi connectivity index (χ2v) is 15.1. The van der Waals surface area contributed by atoms with Crippen molar-refractivity contribution in [3.63, 3.8) is 0 Å². The number of amides is 4. The molecular weight excluding hydrogens is 719 g/mol. The Bertz CT molecular complexity index is 2320. The van der Waals surface area contributed by atoms with E-state index in [-0.39, 0.29) is 54.6 Å². The Morgan fingerprint density at radius 3 is 2.45 bits per heavy atom. The fourth-order valence-corrected chi connectivity index (χ4v) is 8.12. The van der Waals surface area contributed by atoms with Gasteiger partial charge in [-0.05, 0) is 67.6 Å². The minimum atomic E-state index is -1.22. The molecule has 4 amide bonds. The highest BCUT2D eigenvalue weighted by Gasteiger charge is 2.45. The van der Waals surface area contributed by atoms with Gasteiger partial charge >= 0.3 is 0 Å². The molecule has 9 rings (SSSR count). The number of fused-ring (bicyclic) bond motifs is 4. The molecule has 3 aromatic heterocycles. The third kappa shape index (κ3) is 7.21. The summed E-state index contributed by atoms with van der Waals surface area (Å²) in [5.74, 6) is -1.46. The largest absolute Gasteiger partial charge is 0.491 e. The first-order valence-electron chi connectivity index (χ1n) is 19.2. The van der Waals surface area contributed by atoms with Crippen LogP contribution in [0.3, 0.4) is 0 Å². The van der Waals surface area contributed by atoms with E-state index in [0.717, 1.165) is 76.6 Å². The van der Waals surface area contributed by atoms with Crippen molar-refractivity contribution in [2.24, 2.45) is 0 Å². The molecule has 2 saturated heterocycles. The molecule has 288 valence electrons. The second-order valence-electron chi connectivity index (χ2n) is 15.1. The highest BCUT2D eigenvalue weighted by atomic mass is 19.1. The number of aromatic nitrogens is 3. The molecule has 1 saturated carbocycles. The van der Waals surface area contributed by atoms with Crippen LogP contribution in [0.25, 0.3) is 32.9 Å². The number of H-pyrrole nitrogens is 1. The molecule has 2 atom stereocenters. The van der Waals surface area contributed by atoms with E-state index in [1.807, 2.05) is 30.6 Å². The minimum absolute atomic E-state index is 0.0417. The smallest absolute Gasteiger partial charge is 0.262 e. The maximum Gasteiger partial charge on any atom is 0.262 e. The quantitative estimate of drug-likeness (QED) is 0.159. The number of rotatable bonds is 12. The fraction of sp³-hybridized carbons (Fsp3) is 0.381. The van der Waals surface area contributed by atoms with E-state index in [0.29, 0.717) is 18.8 Å². The first kappa shape index (κ1) is 35.9. The zero-order valence-electron chi connectivity index (χ0n) is 30.6. The molecular formula is C42H41FN6O7. The number of hydrogen-bond acceptors (Lipinski definition) is 10. The Hall–Kier alpha value is -5.73. The third-order valence-electron chi connectivity index (χ3n) is 11.3. The number of aromatic amines is 1. The van der Waals surface area contributed by atoms with Crippen molar-refractivity contribution in [2.75, 3.05) is 26.2 Å². The van der Waals surface area contributed by atoms with Crippen molar-refractivity contribution < 1.29 is 37.8 Å². The first-order valence-corrected chi connectivity index (χ1v) is 19.2. The van der Waals surface area contributed by atoms with Gasteiger partial charge in [-0.3, -0.25) is 34.4 Å². The number of piperidine rings is 2. The molecule has 14 heteroatoms. The Kier molecular flexibility index (Phi) is 9.67. The van der Waals surface area contributed by atoms with Crippen molar-refractivity contribution in [2.45, 2.75) is 75.5 Å². The molecule has 5 aromatic rings. The average molecular weight is 761 g/mol. The van der Waals surface area contributed by atoms with Crippen LogP contribution >= 0.6 is 0 Å². The second kappa shape index (κ2) is 15.1. The number of halogens is 1. The molecule has 0 radical (unpaired) electrons. The Morgan fingerprint density at radius 1 is 0.821 bits per heavy atom. The summed E-state index contributed by atoms with van der Waals surface area (Å²) >= 11 is 0. The fourth-order valence-electron chi connectivity index (χ4n) is 8.12. The molecule has 13 nitrogen and oxygen atoms in total. The van der Waals surface area contributed by atoms with Crippen molar-refractivity contribution in [1.29, 1.82) is 0 Å². The lowest BCUT2D eigenvalue weighted by molar-refractivity contribution is -0.136. The molecule has 4 aliphatic rings. The molecule has 56 heavy (non-hydrogen) atoms. The van der Waals surface area contributed by atoms with Gasteiger partial charge in [-0.1, -0.05) is 12.1 Å². The number of ether oxygens (including phenoxy) is 3. The normalized spacial score (nSPS) is 22.3. The minimum Gasteiger partial charge on any atom is -0.491 e. The predicted molar refractivity (Wildman–Crippen MR) is 203 cm³/mol. The molecule has 6 heterocycles. The summed E-state index contributed by atoms with van der Waals surface area (Å²) in [6.07, 6.45) is 8.54. The lowest BCUT2D eigenvalue weighted by Crippen LogP contribution is -2.54. The van der Waals surface area contributed by atoms with Gasteiger partial charge in [0.15, 0.2) is 0 Å². The third-order valence-corrected chi connectivity index (χ3v) is 11.3. The molecule has 0 spiro atoms. The number of pyridine rings is 2. The van der Waals surface area contributed by atoms with Crippen LogP contribution < -0.4 is 14.8 Å². The Balaban J connectivity index is 0.670. The van der Waals surface area contributed by atoms with Crippen molar-refractivity contribution in [3.8, 4) is 22.8 Å². The van der Waals surface area contributed by atoms with Crippen LogP contribution in [0.1, 0.15) is 65.7 Å². The number of nitrogens with zero attached hydrogens (tertiary/aromatic N) is 4. The number of hydrogen-bond donors (Lipinski definition) is 2. The molecule has 2 N–H and O–H groups in total. The van der Waals surface area contributed by atoms with Gasteiger partial charge in [0, 0.05) is 90.9 Å². The van der Waals surface area contributed by atoms with Gasteiger partial charge in [0.2, 0.25) is 17.7 Å². The maximum atomic E-state index is 14.9. The van der Waals surface area contributed by atoms with E-state index < -0.39 is 35.8 Å². The number of carbonyl (C=O) groups excluding carboxylic acids is 4. The number of benzene rings is 2. The van der Waals surface area contributed by atoms with Crippen molar-refractivity contribution in [3.05, 3.63) is 84.3 Å². The highest BCUT2D eigenvalue weighted by Crippen LogP contribution is 2.34. The maximum absolute atomic E-state index is 14.9. The van der Waals surface area contributed by atoms with Crippen LogP contribution in [0.5, 0.6) is 11.6 Å². The van der Waals surface area contributed by atoms with Crippen LogP contribution in [0.15, 0.2) is 73.2 Å². The molecule has 0 bridgehead atoms. The Labute approximate surface area is 321 Å². The first-order chi connectivity index (χ1) is 27.3. The van der Waals surface area contributed by atoms with Crippen LogP contribution in [0, 0.1) is 0 Å². The summed E-state index contributed by atoms with van der Waals surface area (Å²) in [6, 6.07) is 15.6. The lowest BCUT2D eigenvalue weighted by Gasteiger charge is -2.39. The molecule has 3 fully saturated rings. The van der Waals surface area contributed by atoms with Crippen LogP contribution in [-0.2, 0) is 14.3 Å². The van der Waals surface area contributed by atoms with E-state index in [1.165, 1.54) is 18.2 Å².